The van der Waals surface area contributed by atoms with Gasteiger partial charge in [-0.25, -0.2) is 0 Å². The predicted octanol–water partition coefficient (Wildman–Crippen LogP) is 1.84. The molecule has 1 N–H and O–H groups in total. The molecule has 1 aliphatic heterocycles. The van der Waals surface area contributed by atoms with E-state index in [0.717, 1.165) is 16.6 Å². The van der Waals surface area contributed by atoms with Gasteiger partial charge < -0.3 is 10.2 Å². The lowest BCUT2D eigenvalue weighted by Crippen LogP contribution is -2.52. The third-order valence-electron chi connectivity index (χ3n) is 3.29. The first-order valence-corrected chi connectivity index (χ1v) is 7.01. The van der Waals surface area contributed by atoms with E-state index in [2.05, 4.69) is 11.4 Å². The van der Waals surface area contributed by atoms with Crippen LogP contribution in [0.4, 0.5) is 0 Å². The van der Waals surface area contributed by atoms with Crippen molar-refractivity contribution in [2.24, 2.45) is 0 Å². The van der Waals surface area contributed by atoms with Gasteiger partial charge in [0.05, 0.1) is 10.9 Å². The van der Waals surface area contributed by atoms with Crippen LogP contribution < -0.4 is 5.32 Å². The van der Waals surface area contributed by atoms with Crippen LogP contribution >= 0.6 is 11.3 Å². The largest absolute Gasteiger partial charge is 0.319 e. The number of nitrogens with one attached hydrogen (secondary N) is 1. The minimum atomic E-state index is -0.369. The molecule has 3 rings (SSSR count). The quantitative estimate of drug-likeness (QED) is 0.861. The molecule has 0 radical (unpaired) electrons. The number of hydrogen-bond donors (Lipinski definition) is 1. The molecule has 1 fully saturated rings. The molecule has 1 aliphatic rings. The van der Waals surface area contributed by atoms with Crippen LogP contribution in [0.3, 0.4) is 0 Å². The molecular weight excluding hydrogens is 258 g/mol. The molecule has 0 aliphatic carbocycles. The van der Waals surface area contributed by atoms with Crippen molar-refractivity contribution in [3.63, 3.8) is 0 Å². The zero-order valence-corrected chi connectivity index (χ0v) is 11.1. The number of carbonyl (C=O) groups is 1. The molecule has 1 aromatic heterocycles. The number of hydrogen-bond acceptors (Lipinski definition) is 4. The highest BCUT2D eigenvalue weighted by Crippen LogP contribution is 2.26. The third-order valence-corrected chi connectivity index (χ3v) is 4.39. The van der Waals surface area contributed by atoms with Gasteiger partial charge in [0.1, 0.15) is 6.04 Å². The van der Waals surface area contributed by atoms with E-state index >= 15 is 0 Å². The molecule has 1 unspecified atom stereocenters. The molecule has 0 spiro atoms. The van der Waals surface area contributed by atoms with Crippen LogP contribution in [-0.2, 0) is 0 Å². The molecule has 19 heavy (non-hydrogen) atoms. The normalized spacial score (nSPS) is 19.3. The second-order valence-corrected chi connectivity index (χ2v) is 5.58. The Balaban J connectivity index is 1.92. The van der Waals surface area contributed by atoms with Gasteiger partial charge in [-0.2, -0.15) is 5.26 Å². The summed E-state index contributed by atoms with van der Waals surface area (Å²) in [5.74, 6) is -0.0331. The van der Waals surface area contributed by atoms with Gasteiger partial charge >= 0.3 is 0 Å². The summed E-state index contributed by atoms with van der Waals surface area (Å²) in [7, 11) is 0. The molecule has 1 amide bonds. The summed E-state index contributed by atoms with van der Waals surface area (Å²) >= 11 is 1.49. The molecule has 5 heteroatoms. The van der Waals surface area contributed by atoms with Crippen molar-refractivity contribution in [2.45, 2.75) is 6.04 Å². The van der Waals surface area contributed by atoms with Gasteiger partial charge in [-0.1, -0.05) is 18.2 Å². The van der Waals surface area contributed by atoms with Crippen molar-refractivity contribution in [3.8, 4) is 6.07 Å². The minimum absolute atomic E-state index is 0.0331. The Hall–Kier alpha value is -1.90. The Kier molecular flexibility index (Phi) is 3.20. The van der Waals surface area contributed by atoms with E-state index in [9.17, 15) is 4.79 Å². The van der Waals surface area contributed by atoms with Crippen LogP contribution in [0.1, 0.15) is 9.67 Å². The van der Waals surface area contributed by atoms with Crippen molar-refractivity contribution in [1.82, 2.24) is 10.2 Å². The first-order valence-electron chi connectivity index (χ1n) is 6.19. The molecule has 2 heterocycles. The van der Waals surface area contributed by atoms with Crippen molar-refractivity contribution in [1.29, 1.82) is 5.26 Å². The fourth-order valence-corrected chi connectivity index (χ4v) is 3.31. The maximum absolute atomic E-state index is 12.5. The summed E-state index contributed by atoms with van der Waals surface area (Å²) in [6.07, 6.45) is 0. The van der Waals surface area contributed by atoms with Crippen LogP contribution in [0.5, 0.6) is 0 Å². The number of rotatable bonds is 1. The fourth-order valence-electron chi connectivity index (χ4n) is 2.29. The average molecular weight is 271 g/mol. The fraction of sp³-hybridized carbons (Fsp3) is 0.286. The second-order valence-electron chi connectivity index (χ2n) is 4.50. The van der Waals surface area contributed by atoms with Crippen LogP contribution in [0.25, 0.3) is 10.1 Å². The maximum Gasteiger partial charge on any atom is 0.265 e. The predicted molar refractivity (Wildman–Crippen MR) is 75.1 cm³/mol. The number of carbonyl (C=O) groups excluding carboxylic acids is 1. The molecule has 96 valence electrons. The summed E-state index contributed by atoms with van der Waals surface area (Å²) < 4.78 is 1.11. The van der Waals surface area contributed by atoms with Gasteiger partial charge in [-0.3, -0.25) is 4.79 Å². The lowest BCUT2D eigenvalue weighted by atomic mass is 10.2. The summed E-state index contributed by atoms with van der Waals surface area (Å²) in [4.78, 5) is 14.9. The minimum Gasteiger partial charge on any atom is -0.319 e. The molecular formula is C14H13N3OS. The summed E-state index contributed by atoms with van der Waals surface area (Å²) in [5, 5.41) is 13.3. The van der Waals surface area contributed by atoms with Crippen molar-refractivity contribution in [3.05, 3.63) is 35.2 Å². The topological polar surface area (TPSA) is 56.1 Å². The molecule has 1 atom stereocenters. The lowest BCUT2D eigenvalue weighted by molar-refractivity contribution is 0.0692. The molecule has 2 aromatic rings. The highest BCUT2D eigenvalue weighted by atomic mass is 32.1. The Morgan fingerprint density at radius 3 is 3.11 bits per heavy atom. The van der Waals surface area contributed by atoms with Crippen LogP contribution in [0, 0.1) is 11.3 Å². The molecule has 4 nitrogen and oxygen atoms in total. The summed E-state index contributed by atoms with van der Waals surface area (Å²) in [5.41, 5.74) is 0. The van der Waals surface area contributed by atoms with E-state index in [0.29, 0.717) is 18.0 Å². The highest BCUT2D eigenvalue weighted by Gasteiger charge is 2.28. The molecule has 0 bridgehead atoms. The first kappa shape index (κ1) is 12.2. The van der Waals surface area contributed by atoms with Crippen molar-refractivity contribution < 1.29 is 4.79 Å². The van der Waals surface area contributed by atoms with Crippen LogP contribution in [0.15, 0.2) is 30.3 Å². The number of fused-ring (bicyclic) bond motifs is 1. The zero-order chi connectivity index (χ0) is 13.2. The van der Waals surface area contributed by atoms with Gasteiger partial charge in [0, 0.05) is 24.3 Å². The molecule has 1 aromatic carbocycles. The second kappa shape index (κ2) is 5.00. The SMILES string of the molecule is N#CC1CNCCN1C(=O)c1cc2ccccc2s1. The van der Waals surface area contributed by atoms with E-state index in [1.807, 2.05) is 30.3 Å². The Morgan fingerprint density at radius 2 is 2.32 bits per heavy atom. The third kappa shape index (κ3) is 2.21. The molecule has 1 saturated heterocycles. The van der Waals surface area contributed by atoms with Gasteiger partial charge in [0.15, 0.2) is 0 Å². The lowest BCUT2D eigenvalue weighted by Gasteiger charge is -2.31. The van der Waals surface area contributed by atoms with Crippen molar-refractivity contribution in [2.75, 3.05) is 19.6 Å². The standard InChI is InChI=1S/C14H13N3OS/c15-8-11-9-16-5-6-17(11)14(18)13-7-10-3-1-2-4-12(10)19-13/h1-4,7,11,16H,5-6,9H2. The average Bonchev–Trinajstić information content (AvgIpc) is 2.90. The van der Waals surface area contributed by atoms with Crippen LogP contribution in [0.2, 0.25) is 0 Å². The van der Waals surface area contributed by atoms with Gasteiger partial charge in [-0.05, 0) is 17.5 Å². The first-order chi connectivity index (χ1) is 9.29. The Bertz CT molecular complexity index is 625. The highest BCUT2D eigenvalue weighted by molar-refractivity contribution is 7.20. The number of amides is 1. The number of benzene rings is 1. The number of thiophene rings is 1. The van der Waals surface area contributed by atoms with E-state index < -0.39 is 0 Å². The summed E-state index contributed by atoms with van der Waals surface area (Å²) in [6, 6.07) is 11.7. The van der Waals surface area contributed by atoms with E-state index in [-0.39, 0.29) is 11.9 Å². The Morgan fingerprint density at radius 1 is 1.47 bits per heavy atom. The number of piperazine rings is 1. The van der Waals surface area contributed by atoms with E-state index in [1.54, 1.807) is 4.90 Å². The zero-order valence-electron chi connectivity index (χ0n) is 10.3. The monoisotopic (exact) mass is 271 g/mol. The van der Waals surface area contributed by atoms with Gasteiger partial charge in [0.25, 0.3) is 5.91 Å². The smallest absolute Gasteiger partial charge is 0.265 e. The van der Waals surface area contributed by atoms with Crippen LogP contribution in [-0.4, -0.2) is 36.5 Å². The summed E-state index contributed by atoms with van der Waals surface area (Å²) in [6.45, 7) is 1.88. The van der Waals surface area contributed by atoms with Crippen molar-refractivity contribution >= 4 is 27.3 Å². The Labute approximate surface area is 115 Å². The maximum atomic E-state index is 12.5. The molecule has 0 saturated carbocycles. The van der Waals surface area contributed by atoms with E-state index in [4.69, 9.17) is 5.26 Å². The van der Waals surface area contributed by atoms with Gasteiger partial charge in [0.2, 0.25) is 0 Å². The van der Waals surface area contributed by atoms with Gasteiger partial charge in [-0.15, -0.1) is 11.3 Å². The van der Waals surface area contributed by atoms with E-state index in [1.165, 1.54) is 11.3 Å². The number of nitrogens with zero attached hydrogens (tertiary/aromatic N) is 2. The number of nitriles is 1.